The number of H-pyrrole nitrogens is 1. The fraction of sp³-hybridized carbons (Fsp3) is 0.632. The van der Waals surface area contributed by atoms with Crippen molar-refractivity contribution in [2.75, 3.05) is 14.2 Å². The Morgan fingerprint density at radius 3 is 2.32 bits per heavy atom. The minimum absolute atomic E-state index is 0.0546. The second kappa shape index (κ2) is 7.85. The van der Waals surface area contributed by atoms with E-state index in [1.54, 1.807) is 11.8 Å². The lowest BCUT2D eigenvalue weighted by atomic mass is 9.86. The van der Waals surface area contributed by atoms with E-state index in [9.17, 15) is 14.4 Å². The SMILES string of the molecule is COC(=O)c1c(CC(=O)N(C)C2CCC(C)CC2)[nH]c(C(C)=O)c1C. The summed E-state index contributed by atoms with van der Waals surface area (Å²) in [5, 5.41) is 0. The van der Waals surface area contributed by atoms with Crippen LogP contribution in [0.5, 0.6) is 0 Å². The Balaban J connectivity index is 2.20. The van der Waals surface area contributed by atoms with E-state index >= 15 is 0 Å². The molecule has 25 heavy (non-hydrogen) atoms. The third-order valence-electron chi connectivity index (χ3n) is 5.32. The third-order valence-corrected chi connectivity index (χ3v) is 5.32. The molecule has 1 aromatic rings. The number of carbonyl (C=O) groups is 3. The molecule has 0 saturated heterocycles. The van der Waals surface area contributed by atoms with Gasteiger partial charge in [-0.05, 0) is 44.1 Å². The summed E-state index contributed by atoms with van der Waals surface area (Å²) in [6, 6.07) is 0.244. The molecule has 1 aliphatic rings. The van der Waals surface area contributed by atoms with Crippen LogP contribution in [0.15, 0.2) is 0 Å². The monoisotopic (exact) mass is 348 g/mol. The van der Waals surface area contributed by atoms with Crippen molar-refractivity contribution in [3.63, 3.8) is 0 Å². The van der Waals surface area contributed by atoms with Crippen molar-refractivity contribution in [3.8, 4) is 0 Å². The van der Waals surface area contributed by atoms with Crippen LogP contribution >= 0.6 is 0 Å². The molecule has 1 aromatic heterocycles. The Kier molecular flexibility index (Phi) is 6.03. The van der Waals surface area contributed by atoms with Crippen LogP contribution in [0.25, 0.3) is 0 Å². The van der Waals surface area contributed by atoms with Gasteiger partial charge in [0.25, 0.3) is 0 Å². The molecular weight excluding hydrogens is 320 g/mol. The summed E-state index contributed by atoms with van der Waals surface area (Å²) in [6.45, 7) is 5.37. The Hall–Kier alpha value is -2.11. The van der Waals surface area contributed by atoms with Gasteiger partial charge < -0.3 is 14.6 Å². The van der Waals surface area contributed by atoms with Gasteiger partial charge in [0, 0.05) is 25.7 Å². The number of likely N-dealkylation sites (N-methyl/N-ethyl adjacent to an activating group) is 1. The van der Waals surface area contributed by atoms with Gasteiger partial charge in [0.15, 0.2) is 5.78 Å². The van der Waals surface area contributed by atoms with E-state index in [1.165, 1.54) is 14.0 Å². The molecule has 0 radical (unpaired) electrons. The lowest BCUT2D eigenvalue weighted by Crippen LogP contribution is -2.40. The number of nitrogens with one attached hydrogen (secondary N) is 1. The number of esters is 1. The molecule has 0 atom stereocenters. The molecule has 1 amide bonds. The number of rotatable bonds is 5. The van der Waals surface area contributed by atoms with Gasteiger partial charge in [0.05, 0.1) is 24.8 Å². The highest BCUT2D eigenvalue weighted by Gasteiger charge is 2.28. The fourth-order valence-corrected chi connectivity index (χ4v) is 3.63. The minimum atomic E-state index is -0.529. The van der Waals surface area contributed by atoms with Gasteiger partial charge in [0.1, 0.15) is 0 Å². The molecule has 0 spiro atoms. The Bertz CT molecular complexity index is 669. The Labute approximate surface area is 148 Å². The predicted octanol–water partition coefficient (Wildman–Crippen LogP) is 2.89. The number of amides is 1. The van der Waals surface area contributed by atoms with Gasteiger partial charge >= 0.3 is 5.97 Å². The number of aromatic amines is 1. The van der Waals surface area contributed by atoms with Gasteiger partial charge in [0.2, 0.25) is 5.91 Å². The molecular formula is C19H28N2O4. The average molecular weight is 348 g/mol. The van der Waals surface area contributed by atoms with E-state index in [0.717, 1.165) is 31.6 Å². The van der Waals surface area contributed by atoms with Crippen LogP contribution in [-0.4, -0.2) is 47.7 Å². The number of carbonyl (C=O) groups excluding carboxylic acids is 3. The first-order valence-corrected chi connectivity index (χ1v) is 8.82. The molecule has 1 fully saturated rings. The molecule has 6 nitrogen and oxygen atoms in total. The summed E-state index contributed by atoms with van der Waals surface area (Å²) < 4.78 is 4.83. The van der Waals surface area contributed by atoms with E-state index in [1.807, 2.05) is 7.05 Å². The number of hydrogen-bond donors (Lipinski definition) is 1. The number of ketones is 1. The van der Waals surface area contributed by atoms with Crippen molar-refractivity contribution in [1.29, 1.82) is 0 Å². The van der Waals surface area contributed by atoms with E-state index in [4.69, 9.17) is 4.74 Å². The highest BCUT2D eigenvalue weighted by Crippen LogP contribution is 2.27. The average Bonchev–Trinajstić information content (AvgIpc) is 2.90. The first kappa shape index (κ1) is 19.2. The van der Waals surface area contributed by atoms with Crippen LogP contribution in [0, 0.1) is 12.8 Å². The third kappa shape index (κ3) is 4.11. The number of Topliss-reactive ketones (excluding diaryl/α,β-unsaturated/α-hetero) is 1. The fourth-order valence-electron chi connectivity index (χ4n) is 3.63. The van der Waals surface area contributed by atoms with E-state index in [-0.39, 0.29) is 24.2 Å². The second-order valence-electron chi connectivity index (χ2n) is 7.12. The van der Waals surface area contributed by atoms with Gasteiger partial charge in [-0.1, -0.05) is 6.92 Å². The van der Waals surface area contributed by atoms with Crippen LogP contribution in [0.2, 0.25) is 0 Å². The smallest absolute Gasteiger partial charge is 0.339 e. The predicted molar refractivity (Wildman–Crippen MR) is 94.8 cm³/mol. The summed E-state index contributed by atoms with van der Waals surface area (Å²) in [7, 11) is 3.12. The van der Waals surface area contributed by atoms with Gasteiger partial charge in [-0.15, -0.1) is 0 Å². The number of ether oxygens (including phenoxy) is 1. The number of nitrogens with zero attached hydrogens (tertiary/aromatic N) is 1. The van der Waals surface area contributed by atoms with E-state index < -0.39 is 5.97 Å². The molecule has 0 bridgehead atoms. The summed E-state index contributed by atoms with van der Waals surface area (Å²) >= 11 is 0. The molecule has 0 unspecified atom stereocenters. The molecule has 6 heteroatoms. The number of hydrogen-bond acceptors (Lipinski definition) is 4. The van der Waals surface area contributed by atoms with Crippen LogP contribution in [0.4, 0.5) is 0 Å². The lowest BCUT2D eigenvalue weighted by molar-refractivity contribution is -0.132. The molecule has 1 N–H and O–H groups in total. The van der Waals surface area contributed by atoms with Gasteiger partial charge in [-0.3, -0.25) is 9.59 Å². The van der Waals surface area contributed by atoms with Crippen LogP contribution < -0.4 is 0 Å². The summed E-state index contributed by atoms with van der Waals surface area (Å²) in [5.74, 6) is -0.0370. The maximum atomic E-state index is 12.7. The zero-order chi connectivity index (χ0) is 18.7. The van der Waals surface area contributed by atoms with Crippen molar-refractivity contribution in [3.05, 3.63) is 22.5 Å². The standard InChI is InChI=1S/C19H28N2O4/c1-11-6-8-14(9-7-11)21(4)16(23)10-15-17(19(24)25-5)12(2)18(20-15)13(3)22/h11,14,20H,6-10H2,1-5H3. The number of aromatic nitrogens is 1. The number of methoxy groups -OCH3 is 1. The van der Waals surface area contributed by atoms with Gasteiger partial charge in [-0.25, -0.2) is 4.79 Å². The molecule has 1 aliphatic carbocycles. The summed E-state index contributed by atoms with van der Waals surface area (Å²) in [5.41, 5.74) is 1.65. The quantitative estimate of drug-likeness (QED) is 0.655. The first-order chi connectivity index (χ1) is 11.8. The zero-order valence-corrected chi connectivity index (χ0v) is 15.8. The molecule has 1 heterocycles. The van der Waals surface area contributed by atoms with E-state index in [2.05, 4.69) is 11.9 Å². The second-order valence-corrected chi connectivity index (χ2v) is 7.12. The summed E-state index contributed by atoms with van der Waals surface area (Å²) in [6.07, 6.45) is 4.34. The minimum Gasteiger partial charge on any atom is -0.465 e. The largest absolute Gasteiger partial charge is 0.465 e. The van der Waals surface area contributed by atoms with Crippen molar-refractivity contribution in [2.45, 2.75) is 58.9 Å². The van der Waals surface area contributed by atoms with Crippen molar-refractivity contribution in [2.24, 2.45) is 5.92 Å². The highest BCUT2D eigenvalue weighted by molar-refractivity contribution is 6.01. The summed E-state index contributed by atoms with van der Waals surface area (Å²) in [4.78, 5) is 41.3. The molecule has 2 rings (SSSR count). The van der Waals surface area contributed by atoms with Crippen LogP contribution in [0.3, 0.4) is 0 Å². The van der Waals surface area contributed by atoms with Gasteiger partial charge in [-0.2, -0.15) is 0 Å². The van der Waals surface area contributed by atoms with E-state index in [0.29, 0.717) is 22.5 Å². The maximum Gasteiger partial charge on any atom is 0.339 e. The molecule has 0 aliphatic heterocycles. The maximum absolute atomic E-state index is 12.7. The molecule has 0 aromatic carbocycles. The Morgan fingerprint density at radius 2 is 1.80 bits per heavy atom. The lowest BCUT2D eigenvalue weighted by Gasteiger charge is -2.33. The molecule has 1 saturated carbocycles. The van der Waals surface area contributed by atoms with Crippen LogP contribution in [0.1, 0.15) is 71.6 Å². The van der Waals surface area contributed by atoms with Crippen molar-refractivity contribution in [1.82, 2.24) is 9.88 Å². The Morgan fingerprint density at radius 1 is 1.20 bits per heavy atom. The normalized spacial score (nSPS) is 20.2. The van der Waals surface area contributed by atoms with Crippen molar-refractivity contribution < 1.29 is 19.1 Å². The highest BCUT2D eigenvalue weighted by atomic mass is 16.5. The van der Waals surface area contributed by atoms with Crippen molar-refractivity contribution >= 4 is 17.7 Å². The molecule has 138 valence electrons. The van der Waals surface area contributed by atoms with Crippen LogP contribution in [-0.2, 0) is 16.0 Å². The zero-order valence-electron chi connectivity index (χ0n) is 15.8. The first-order valence-electron chi connectivity index (χ1n) is 8.82. The topological polar surface area (TPSA) is 79.5 Å².